The molecule has 202 valence electrons. The van der Waals surface area contributed by atoms with Crippen LogP contribution in [-0.2, 0) is 35.0 Å². The van der Waals surface area contributed by atoms with Gasteiger partial charge in [-0.15, -0.1) is 0 Å². The second kappa shape index (κ2) is 16.5. The van der Waals surface area contributed by atoms with Gasteiger partial charge in [-0.05, 0) is 18.1 Å². The highest BCUT2D eigenvalue weighted by molar-refractivity contribution is 6.08. The van der Waals surface area contributed by atoms with Crippen molar-refractivity contribution in [2.45, 2.75) is 59.8 Å². The lowest BCUT2D eigenvalue weighted by Crippen LogP contribution is -2.51. The van der Waals surface area contributed by atoms with E-state index >= 15 is 0 Å². The highest BCUT2D eigenvalue weighted by atomic mass is 16.5. The van der Waals surface area contributed by atoms with Crippen LogP contribution in [-0.4, -0.2) is 74.6 Å². The largest absolute Gasteiger partial charge is 0.379 e. The van der Waals surface area contributed by atoms with Crippen molar-refractivity contribution in [2.24, 2.45) is 11.8 Å². The molecular weight excluding hydrogens is 475 g/mol. The fourth-order valence-electron chi connectivity index (χ4n) is 3.49. The van der Waals surface area contributed by atoms with Gasteiger partial charge in [0.15, 0.2) is 0 Å². The summed E-state index contributed by atoms with van der Waals surface area (Å²) in [7, 11) is 5.55. The molecular formula is C26H39BN4O6. The summed E-state index contributed by atoms with van der Waals surface area (Å²) in [6.45, 7) is 9.40. The smallest absolute Gasteiger partial charge is 0.243 e. The highest BCUT2D eigenvalue weighted by Crippen LogP contribution is 2.18. The molecule has 2 rings (SSSR count). The van der Waals surface area contributed by atoms with Gasteiger partial charge in [0.1, 0.15) is 6.04 Å². The molecule has 3 N–H and O–H groups in total. The molecule has 0 saturated carbocycles. The fraction of sp³-hybridized carbons (Fsp3) is 0.577. The SMILES string of the molecule is CC.[B]Cc1ccc(NC(=O)CNC(=O)C(NC(=O)CCOCCN2C(=O)CC(C)C2=O)C(C)C)cc1. The van der Waals surface area contributed by atoms with Gasteiger partial charge in [0.25, 0.3) is 0 Å². The first-order valence-corrected chi connectivity index (χ1v) is 12.7. The molecule has 2 atom stereocenters. The van der Waals surface area contributed by atoms with E-state index in [1.807, 2.05) is 13.8 Å². The summed E-state index contributed by atoms with van der Waals surface area (Å²) in [6, 6.07) is 6.23. The van der Waals surface area contributed by atoms with Crippen LogP contribution in [0.3, 0.4) is 0 Å². The number of hydrogen-bond acceptors (Lipinski definition) is 6. The standard InChI is InChI=1S/C24H33BN4O6.C2H6/c1-15(2)22(23(33)26-14-20(31)27-18-6-4-17(13-25)5-7-18)28-19(30)8-10-35-11-9-29-21(32)12-16(3)24(29)34;1-2/h4-7,15-16,22H,8-14H2,1-3H3,(H,26,33)(H,27,31)(H,28,30);1-2H3. The first kappa shape index (κ1) is 31.8. The van der Waals surface area contributed by atoms with Crippen molar-refractivity contribution in [3.05, 3.63) is 29.8 Å². The van der Waals surface area contributed by atoms with Crippen LogP contribution in [0.25, 0.3) is 0 Å². The number of carbonyl (C=O) groups excluding carboxylic acids is 5. The third-order valence-corrected chi connectivity index (χ3v) is 5.56. The summed E-state index contributed by atoms with van der Waals surface area (Å²) < 4.78 is 5.38. The fourth-order valence-corrected chi connectivity index (χ4v) is 3.49. The Kier molecular flexibility index (Phi) is 14.2. The number of hydrogen-bond donors (Lipinski definition) is 3. The van der Waals surface area contributed by atoms with E-state index in [1.165, 1.54) is 4.90 Å². The number of nitrogens with zero attached hydrogens (tertiary/aromatic N) is 1. The van der Waals surface area contributed by atoms with Gasteiger partial charge in [-0.25, -0.2) is 0 Å². The number of ether oxygens (including phenoxy) is 1. The number of nitrogens with one attached hydrogen (secondary N) is 3. The number of benzene rings is 1. The van der Waals surface area contributed by atoms with Crippen molar-refractivity contribution in [3.63, 3.8) is 0 Å². The molecule has 1 saturated heterocycles. The van der Waals surface area contributed by atoms with Gasteiger partial charge in [-0.1, -0.05) is 58.6 Å². The van der Waals surface area contributed by atoms with Gasteiger partial charge >= 0.3 is 0 Å². The molecule has 1 heterocycles. The zero-order valence-corrected chi connectivity index (χ0v) is 22.5. The number of rotatable bonds is 13. The van der Waals surface area contributed by atoms with E-state index in [4.69, 9.17) is 12.6 Å². The average molecular weight is 514 g/mol. The number of likely N-dealkylation sites (tertiary alicyclic amines) is 1. The molecule has 2 radical (unpaired) electrons. The highest BCUT2D eigenvalue weighted by Gasteiger charge is 2.35. The van der Waals surface area contributed by atoms with E-state index in [0.29, 0.717) is 12.0 Å². The zero-order valence-electron chi connectivity index (χ0n) is 22.5. The van der Waals surface area contributed by atoms with Gasteiger partial charge in [0, 0.05) is 24.4 Å². The minimum absolute atomic E-state index is 0.00801. The van der Waals surface area contributed by atoms with Crippen LogP contribution in [0.4, 0.5) is 5.69 Å². The molecule has 10 nitrogen and oxygen atoms in total. The zero-order chi connectivity index (χ0) is 28.0. The second-order valence-corrected chi connectivity index (χ2v) is 8.81. The minimum Gasteiger partial charge on any atom is -0.379 e. The van der Waals surface area contributed by atoms with E-state index in [9.17, 15) is 24.0 Å². The molecule has 5 amide bonds. The lowest BCUT2D eigenvalue weighted by atomic mass is 9.97. The molecule has 0 aliphatic carbocycles. The van der Waals surface area contributed by atoms with Crippen molar-refractivity contribution in [2.75, 3.05) is 31.6 Å². The summed E-state index contributed by atoms with van der Waals surface area (Å²) in [4.78, 5) is 61.8. The molecule has 2 unspecified atom stereocenters. The van der Waals surface area contributed by atoms with Crippen LogP contribution >= 0.6 is 0 Å². The van der Waals surface area contributed by atoms with E-state index in [2.05, 4.69) is 16.0 Å². The van der Waals surface area contributed by atoms with Crippen LogP contribution in [0.1, 0.15) is 53.0 Å². The Morgan fingerprint density at radius 1 is 1.08 bits per heavy atom. The first-order valence-electron chi connectivity index (χ1n) is 12.7. The quantitative estimate of drug-likeness (QED) is 0.207. The summed E-state index contributed by atoms with van der Waals surface area (Å²) in [5, 5.41) is 7.89. The molecule has 0 spiro atoms. The molecule has 0 aromatic heterocycles. The summed E-state index contributed by atoms with van der Waals surface area (Å²) >= 11 is 0. The monoisotopic (exact) mass is 514 g/mol. The third kappa shape index (κ3) is 10.7. The molecule has 1 aliphatic rings. The van der Waals surface area contributed by atoms with Crippen molar-refractivity contribution in [1.29, 1.82) is 0 Å². The average Bonchev–Trinajstić information content (AvgIpc) is 3.12. The molecule has 1 aliphatic heterocycles. The molecule has 1 fully saturated rings. The first-order chi connectivity index (χ1) is 17.6. The Hall–Kier alpha value is -3.21. The maximum absolute atomic E-state index is 12.6. The molecule has 0 bridgehead atoms. The number of amides is 5. The van der Waals surface area contributed by atoms with Gasteiger partial charge in [-0.3, -0.25) is 28.9 Å². The van der Waals surface area contributed by atoms with Crippen LogP contribution in [0.2, 0.25) is 0 Å². The predicted octanol–water partition coefficient (Wildman–Crippen LogP) is 1.38. The van der Waals surface area contributed by atoms with E-state index in [-0.39, 0.29) is 68.7 Å². The Balaban J connectivity index is 0.00000334. The lowest BCUT2D eigenvalue weighted by Gasteiger charge is -2.21. The number of anilines is 1. The van der Waals surface area contributed by atoms with Crippen LogP contribution < -0.4 is 16.0 Å². The summed E-state index contributed by atoms with van der Waals surface area (Å²) in [5.41, 5.74) is 1.52. The molecule has 11 heteroatoms. The van der Waals surface area contributed by atoms with Gasteiger partial charge < -0.3 is 20.7 Å². The van der Waals surface area contributed by atoms with E-state index < -0.39 is 17.9 Å². The van der Waals surface area contributed by atoms with Gasteiger partial charge in [0.2, 0.25) is 29.5 Å². The van der Waals surface area contributed by atoms with Crippen molar-refractivity contribution in [3.8, 4) is 0 Å². The molecule has 1 aromatic carbocycles. The molecule has 1 aromatic rings. The Labute approximate surface area is 220 Å². The number of imide groups is 1. The third-order valence-electron chi connectivity index (χ3n) is 5.56. The van der Waals surface area contributed by atoms with Crippen LogP contribution in [0.5, 0.6) is 0 Å². The Morgan fingerprint density at radius 3 is 2.27 bits per heavy atom. The van der Waals surface area contributed by atoms with Gasteiger partial charge in [0.05, 0.1) is 34.1 Å². The maximum Gasteiger partial charge on any atom is 0.243 e. The minimum atomic E-state index is -0.819. The topological polar surface area (TPSA) is 134 Å². The number of carbonyl (C=O) groups is 5. The Bertz CT molecular complexity index is 922. The van der Waals surface area contributed by atoms with Crippen molar-refractivity contribution < 1.29 is 28.7 Å². The molecule has 37 heavy (non-hydrogen) atoms. The van der Waals surface area contributed by atoms with Crippen molar-refractivity contribution in [1.82, 2.24) is 15.5 Å². The predicted molar refractivity (Wildman–Crippen MR) is 142 cm³/mol. The summed E-state index contributed by atoms with van der Waals surface area (Å²) in [5.74, 6) is -2.19. The summed E-state index contributed by atoms with van der Waals surface area (Å²) in [6.07, 6.45) is 0.621. The maximum atomic E-state index is 12.6. The van der Waals surface area contributed by atoms with Gasteiger partial charge in [-0.2, -0.15) is 0 Å². The lowest BCUT2D eigenvalue weighted by molar-refractivity contribution is -0.140. The van der Waals surface area contributed by atoms with Crippen molar-refractivity contribution >= 4 is 43.1 Å². The normalized spacial score (nSPS) is 15.6. The van der Waals surface area contributed by atoms with Crippen LogP contribution in [0, 0.1) is 11.8 Å². The van der Waals surface area contributed by atoms with E-state index in [0.717, 1.165) is 5.56 Å². The Morgan fingerprint density at radius 2 is 1.73 bits per heavy atom. The van der Waals surface area contributed by atoms with E-state index in [1.54, 1.807) is 45.0 Å². The second-order valence-electron chi connectivity index (χ2n) is 8.81. The van der Waals surface area contributed by atoms with Crippen LogP contribution in [0.15, 0.2) is 24.3 Å².